The number of hydrogen-bond acceptors (Lipinski definition) is 8. The summed E-state index contributed by atoms with van der Waals surface area (Å²) in [5.74, 6) is -1.95. The van der Waals surface area contributed by atoms with Gasteiger partial charge in [0.1, 0.15) is 11.6 Å². The zero-order valence-electron chi connectivity index (χ0n) is 14.7. The highest BCUT2D eigenvalue weighted by atomic mass is 32.2. The number of primary sulfonamides is 1. The lowest BCUT2D eigenvalue weighted by Gasteiger charge is -2.33. The molecule has 148 valence electrons. The van der Waals surface area contributed by atoms with Crippen LogP contribution in [0.5, 0.6) is 0 Å². The van der Waals surface area contributed by atoms with Crippen LogP contribution < -0.4 is 10.5 Å². The minimum Gasteiger partial charge on any atom is -0.467 e. The summed E-state index contributed by atoms with van der Waals surface area (Å²) in [5.41, 5.74) is 1.95. The molecule has 3 heterocycles. The number of benzene rings is 1. The second-order valence-corrected chi connectivity index (χ2v) is 7.95. The molecule has 4 rings (SSSR count). The number of sulfonamides is 1. The summed E-state index contributed by atoms with van der Waals surface area (Å²) >= 11 is 0. The van der Waals surface area contributed by atoms with Crippen LogP contribution >= 0.6 is 0 Å². The first-order chi connectivity index (χ1) is 13.3. The Kier molecular flexibility index (Phi) is 4.48. The Morgan fingerprint density at radius 3 is 2.71 bits per heavy atom. The standard InChI is InChI=1S/C16H16F2N6O3S/c1-27-16-22-14-10-6-24(7-21-13(10)4-20-15(14)23-16)5-9-11(17)2-8(3-12(9)18)28(19,25)26/h2-4,15,21H,5-7H2,1H3,(H2,19,25,26). The van der Waals surface area contributed by atoms with Crippen molar-refractivity contribution in [3.8, 4) is 0 Å². The van der Waals surface area contributed by atoms with Crippen molar-refractivity contribution in [2.75, 3.05) is 20.3 Å². The number of nitrogens with zero attached hydrogens (tertiary/aromatic N) is 4. The highest BCUT2D eigenvalue weighted by Crippen LogP contribution is 2.25. The Morgan fingerprint density at radius 1 is 1.36 bits per heavy atom. The van der Waals surface area contributed by atoms with Crippen molar-refractivity contribution in [3.05, 3.63) is 40.6 Å². The molecule has 3 N–H and O–H groups in total. The van der Waals surface area contributed by atoms with Crippen LogP contribution in [0.15, 0.2) is 43.3 Å². The smallest absolute Gasteiger partial charge is 0.314 e. The summed E-state index contributed by atoms with van der Waals surface area (Å²) < 4.78 is 56.4. The number of fused-ring (bicyclic) bond motifs is 2. The molecule has 9 nitrogen and oxygen atoms in total. The van der Waals surface area contributed by atoms with Gasteiger partial charge < -0.3 is 10.1 Å². The fourth-order valence-corrected chi connectivity index (χ4v) is 3.70. The van der Waals surface area contributed by atoms with Gasteiger partial charge in [0.2, 0.25) is 10.0 Å². The number of hydrogen-bond donors (Lipinski definition) is 2. The van der Waals surface area contributed by atoms with Crippen molar-refractivity contribution >= 4 is 28.0 Å². The van der Waals surface area contributed by atoms with E-state index in [-0.39, 0.29) is 18.1 Å². The van der Waals surface area contributed by atoms with E-state index in [4.69, 9.17) is 9.88 Å². The minimum atomic E-state index is -4.20. The lowest BCUT2D eigenvalue weighted by molar-refractivity contribution is 0.257. The van der Waals surface area contributed by atoms with Crippen molar-refractivity contribution in [1.82, 2.24) is 10.2 Å². The van der Waals surface area contributed by atoms with Crippen LogP contribution in [0, 0.1) is 11.6 Å². The van der Waals surface area contributed by atoms with Gasteiger partial charge in [-0.3, -0.25) is 9.89 Å². The minimum absolute atomic E-state index is 0.0839. The molecule has 0 aliphatic carbocycles. The number of halogens is 2. The predicted molar refractivity (Wildman–Crippen MR) is 97.3 cm³/mol. The molecule has 1 unspecified atom stereocenters. The first-order valence-electron chi connectivity index (χ1n) is 8.20. The van der Waals surface area contributed by atoms with Crippen LogP contribution in [0.1, 0.15) is 5.56 Å². The van der Waals surface area contributed by atoms with Crippen molar-refractivity contribution in [2.45, 2.75) is 17.6 Å². The molecule has 3 aliphatic rings. The van der Waals surface area contributed by atoms with E-state index in [9.17, 15) is 17.2 Å². The van der Waals surface area contributed by atoms with Gasteiger partial charge in [-0.15, -0.1) is 0 Å². The molecular weight excluding hydrogens is 394 g/mol. The van der Waals surface area contributed by atoms with Gasteiger partial charge in [0.15, 0.2) is 6.17 Å². The number of rotatable bonds is 3. The molecule has 1 atom stereocenters. The highest BCUT2D eigenvalue weighted by molar-refractivity contribution is 7.89. The topological polar surface area (TPSA) is 122 Å². The lowest BCUT2D eigenvalue weighted by Crippen LogP contribution is -2.45. The van der Waals surface area contributed by atoms with E-state index in [2.05, 4.69) is 20.3 Å². The Balaban J connectivity index is 1.58. The number of nitrogens with one attached hydrogen (secondary N) is 1. The van der Waals surface area contributed by atoms with Gasteiger partial charge >= 0.3 is 6.02 Å². The zero-order chi connectivity index (χ0) is 20.1. The van der Waals surface area contributed by atoms with E-state index in [1.165, 1.54) is 7.11 Å². The maximum atomic E-state index is 14.3. The zero-order valence-corrected chi connectivity index (χ0v) is 15.5. The van der Waals surface area contributed by atoms with Gasteiger partial charge in [-0.25, -0.2) is 22.3 Å². The van der Waals surface area contributed by atoms with Gasteiger partial charge in [0.05, 0.1) is 30.1 Å². The lowest BCUT2D eigenvalue weighted by atomic mass is 10.0. The van der Waals surface area contributed by atoms with Gasteiger partial charge in [-0.2, -0.15) is 9.98 Å². The Bertz CT molecular complexity index is 1060. The van der Waals surface area contributed by atoms with E-state index in [0.717, 1.165) is 23.4 Å². The largest absolute Gasteiger partial charge is 0.467 e. The van der Waals surface area contributed by atoms with Gasteiger partial charge in [-0.1, -0.05) is 0 Å². The van der Waals surface area contributed by atoms with Crippen LogP contribution in [0.25, 0.3) is 0 Å². The Morgan fingerprint density at radius 2 is 2.07 bits per heavy atom. The summed E-state index contributed by atoms with van der Waals surface area (Å²) in [6.45, 7) is 0.585. The molecule has 1 aromatic rings. The summed E-state index contributed by atoms with van der Waals surface area (Å²) in [7, 11) is -2.74. The first-order valence-corrected chi connectivity index (χ1v) is 9.75. The van der Waals surface area contributed by atoms with Crippen molar-refractivity contribution in [1.29, 1.82) is 0 Å². The van der Waals surface area contributed by atoms with Crippen LogP contribution in [-0.4, -0.2) is 57.8 Å². The maximum absolute atomic E-state index is 14.3. The monoisotopic (exact) mass is 410 g/mol. The highest BCUT2D eigenvalue weighted by Gasteiger charge is 2.33. The fourth-order valence-electron chi connectivity index (χ4n) is 3.17. The number of allylic oxidation sites excluding steroid dienone is 1. The van der Waals surface area contributed by atoms with E-state index >= 15 is 0 Å². The number of ether oxygens (including phenoxy) is 1. The molecule has 0 saturated heterocycles. The van der Waals surface area contributed by atoms with E-state index in [1.54, 1.807) is 11.1 Å². The number of methoxy groups -OCH3 is 1. The average Bonchev–Trinajstić information content (AvgIpc) is 3.07. The summed E-state index contributed by atoms with van der Waals surface area (Å²) in [6.07, 6.45) is 1.17. The van der Waals surface area contributed by atoms with E-state index in [0.29, 0.717) is 18.9 Å². The molecule has 12 heteroatoms. The maximum Gasteiger partial charge on any atom is 0.314 e. The van der Waals surface area contributed by atoms with Gasteiger partial charge in [-0.05, 0) is 12.1 Å². The SMILES string of the molecule is COC1=NC2N=CC3=C(CN(Cc4c(F)cc(S(N)(=O)=O)cc4F)CN3)C2=N1. The van der Waals surface area contributed by atoms with Crippen LogP contribution in [-0.2, 0) is 21.3 Å². The molecule has 0 radical (unpaired) electrons. The molecular formula is C16H16F2N6O3S. The first kappa shape index (κ1) is 18.7. The average molecular weight is 410 g/mol. The molecule has 0 saturated carbocycles. The second-order valence-electron chi connectivity index (χ2n) is 6.39. The molecule has 0 amide bonds. The number of aliphatic imine (C=N–C) groups is 3. The third kappa shape index (κ3) is 3.30. The van der Waals surface area contributed by atoms with Crippen molar-refractivity contribution in [3.63, 3.8) is 0 Å². The predicted octanol–water partition coefficient (Wildman–Crippen LogP) is 0.0965. The summed E-state index contributed by atoms with van der Waals surface area (Å²) in [5, 5.41) is 8.07. The van der Waals surface area contributed by atoms with Crippen molar-refractivity contribution in [2.24, 2.45) is 20.1 Å². The summed E-state index contributed by atoms with van der Waals surface area (Å²) in [6, 6.07) is 1.66. The molecule has 1 aromatic carbocycles. The van der Waals surface area contributed by atoms with Crippen LogP contribution in [0.4, 0.5) is 8.78 Å². The quantitative estimate of drug-likeness (QED) is 0.732. The normalized spacial score (nSPS) is 21.6. The molecule has 0 fully saturated rings. The Labute approximate surface area is 159 Å². The van der Waals surface area contributed by atoms with E-state index in [1.807, 2.05) is 0 Å². The third-order valence-corrected chi connectivity index (χ3v) is 5.45. The van der Waals surface area contributed by atoms with E-state index < -0.39 is 32.7 Å². The Hall–Kier alpha value is -2.70. The molecule has 0 spiro atoms. The number of nitrogens with two attached hydrogens (primary N) is 1. The van der Waals surface area contributed by atoms with Crippen LogP contribution in [0.2, 0.25) is 0 Å². The molecule has 0 aromatic heterocycles. The van der Waals surface area contributed by atoms with Gasteiger partial charge in [0, 0.05) is 30.4 Å². The van der Waals surface area contributed by atoms with Crippen molar-refractivity contribution < 1.29 is 21.9 Å². The number of amidine groups is 1. The fraction of sp³-hybridized carbons (Fsp3) is 0.312. The summed E-state index contributed by atoms with van der Waals surface area (Å²) in [4.78, 5) is 14.0. The molecule has 3 aliphatic heterocycles. The molecule has 28 heavy (non-hydrogen) atoms. The third-order valence-electron chi connectivity index (χ3n) is 4.55. The number of dihydropyridines is 1. The molecule has 0 bridgehead atoms. The van der Waals surface area contributed by atoms with Gasteiger partial charge in [0.25, 0.3) is 0 Å². The second kappa shape index (κ2) is 6.72. The van der Waals surface area contributed by atoms with Crippen LogP contribution in [0.3, 0.4) is 0 Å².